The smallest absolute Gasteiger partial charge is 0.131 e. The van der Waals surface area contributed by atoms with Crippen molar-refractivity contribution in [3.63, 3.8) is 0 Å². The summed E-state index contributed by atoms with van der Waals surface area (Å²) in [5, 5.41) is 3.23. The molecule has 0 radical (unpaired) electrons. The van der Waals surface area contributed by atoms with Gasteiger partial charge in [-0.1, -0.05) is 26.3 Å². The monoisotopic (exact) mass is 253 g/mol. The maximum Gasteiger partial charge on any atom is 0.131 e. The standard InChI is InChI=1S/C15H24FNO/c1-5-8-11(3)18-14-10-7-9-13(16)15(14)12(4)17-6-2/h7,9-12,17H,5-6,8H2,1-4H3. The summed E-state index contributed by atoms with van der Waals surface area (Å²) >= 11 is 0. The van der Waals surface area contributed by atoms with Gasteiger partial charge in [-0.15, -0.1) is 0 Å². The predicted octanol–water partition coefficient (Wildman–Crippen LogP) is 4.06. The molecule has 0 heterocycles. The topological polar surface area (TPSA) is 21.3 Å². The molecule has 0 saturated heterocycles. The van der Waals surface area contributed by atoms with E-state index in [1.54, 1.807) is 6.07 Å². The molecule has 1 rings (SSSR count). The Morgan fingerprint density at radius 2 is 2.00 bits per heavy atom. The van der Waals surface area contributed by atoms with Crippen LogP contribution in [0.3, 0.4) is 0 Å². The first kappa shape index (κ1) is 15.0. The summed E-state index contributed by atoms with van der Waals surface area (Å²) in [5.74, 6) is 0.453. The number of rotatable bonds is 7. The van der Waals surface area contributed by atoms with Gasteiger partial charge in [-0.3, -0.25) is 0 Å². The highest BCUT2D eigenvalue weighted by molar-refractivity contribution is 5.37. The van der Waals surface area contributed by atoms with E-state index in [1.165, 1.54) is 6.07 Å². The Kier molecular flexibility index (Phi) is 6.13. The molecule has 1 N–H and O–H groups in total. The molecule has 1 aromatic carbocycles. The summed E-state index contributed by atoms with van der Waals surface area (Å²) in [4.78, 5) is 0. The molecule has 0 amide bonds. The molecule has 0 aliphatic carbocycles. The van der Waals surface area contributed by atoms with Crippen molar-refractivity contribution in [2.24, 2.45) is 0 Å². The molecule has 2 unspecified atom stereocenters. The van der Waals surface area contributed by atoms with Crippen molar-refractivity contribution in [1.29, 1.82) is 0 Å². The average molecular weight is 253 g/mol. The van der Waals surface area contributed by atoms with Crippen LogP contribution in [0.25, 0.3) is 0 Å². The van der Waals surface area contributed by atoms with Gasteiger partial charge < -0.3 is 10.1 Å². The molecule has 0 aliphatic heterocycles. The third-order valence-electron chi connectivity index (χ3n) is 2.98. The second-order valence-corrected chi connectivity index (χ2v) is 4.65. The van der Waals surface area contributed by atoms with Crippen LogP contribution in [0.5, 0.6) is 5.75 Å². The van der Waals surface area contributed by atoms with Gasteiger partial charge in [-0.2, -0.15) is 0 Å². The fraction of sp³-hybridized carbons (Fsp3) is 0.600. The average Bonchev–Trinajstić information content (AvgIpc) is 2.29. The van der Waals surface area contributed by atoms with Crippen molar-refractivity contribution >= 4 is 0 Å². The van der Waals surface area contributed by atoms with E-state index in [1.807, 2.05) is 26.8 Å². The fourth-order valence-corrected chi connectivity index (χ4v) is 2.13. The van der Waals surface area contributed by atoms with Gasteiger partial charge >= 0.3 is 0 Å². The number of ether oxygens (including phenoxy) is 1. The number of nitrogens with one attached hydrogen (secondary N) is 1. The van der Waals surface area contributed by atoms with Crippen molar-refractivity contribution in [2.45, 2.75) is 52.7 Å². The van der Waals surface area contributed by atoms with E-state index in [9.17, 15) is 4.39 Å². The number of benzene rings is 1. The van der Waals surface area contributed by atoms with Crippen LogP contribution in [-0.2, 0) is 0 Å². The van der Waals surface area contributed by atoms with E-state index in [-0.39, 0.29) is 18.0 Å². The second kappa shape index (κ2) is 7.37. The van der Waals surface area contributed by atoms with Crippen LogP contribution in [0.4, 0.5) is 4.39 Å². The van der Waals surface area contributed by atoms with Crippen LogP contribution in [0.2, 0.25) is 0 Å². The highest BCUT2D eigenvalue weighted by Gasteiger charge is 2.17. The molecule has 18 heavy (non-hydrogen) atoms. The van der Waals surface area contributed by atoms with Gasteiger partial charge in [0.05, 0.1) is 6.10 Å². The molecule has 0 bridgehead atoms. The molecular formula is C15H24FNO. The van der Waals surface area contributed by atoms with E-state index >= 15 is 0 Å². The molecule has 3 heteroatoms. The second-order valence-electron chi connectivity index (χ2n) is 4.65. The molecule has 0 aliphatic rings. The first-order valence-corrected chi connectivity index (χ1v) is 6.78. The molecule has 102 valence electrons. The minimum Gasteiger partial charge on any atom is -0.490 e. The van der Waals surface area contributed by atoms with E-state index in [0.717, 1.165) is 19.4 Å². The summed E-state index contributed by atoms with van der Waals surface area (Å²) in [6.45, 7) is 8.92. The Morgan fingerprint density at radius 3 is 2.61 bits per heavy atom. The first-order chi connectivity index (χ1) is 8.60. The fourth-order valence-electron chi connectivity index (χ4n) is 2.13. The Morgan fingerprint density at radius 1 is 1.28 bits per heavy atom. The van der Waals surface area contributed by atoms with Gasteiger partial charge in [-0.05, 0) is 38.9 Å². The first-order valence-electron chi connectivity index (χ1n) is 6.78. The molecule has 0 aromatic heterocycles. The zero-order valence-electron chi connectivity index (χ0n) is 11.8. The summed E-state index contributed by atoms with van der Waals surface area (Å²) in [6, 6.07) is 4.99. The lowest BCUT2D eigenvalue weighted by Gasteiger charge is -2.21. The lowest BCUT2D eigenvalue weighted by molar-refractivity contribution is 0.205. The number of halogens is 1. The molecule has 1 aromatic rings. The van der Waals surface area contributed by atoms with E-state index in [2.05, 4.69) is 12.2 Å². The van der Waals surface area contributed by atoms with Crippen LogP contribution in [0.1, 0.15) is 52.1 Å². The third-order valence-corrected chi connectivity index (χ3v) is 2.98. The van der Waals surface area contributed by atoms with Crippen LogP contribution in [0, 0.1) is 5.82 Å². The molecule has 2 atom stereocenters. The Hall–Kier alpha value is -1.09. The van der Waals surface area contributed by atoms with Gasteiger partial charge in [0, 0.05) is 11.6 Å². The summed E-state index contributed by atoms with van der Waals surface area (Å²) in [7, 11) is 0. The van der Waals surface area contributed by atoms with Gasteiger partial charge in [0.15, 0.2) is 0 Å². The van der Waals surface area contributed by atoms with Crippen molar-refractivity contribution in [3.05, 3.63) is 29.6 Å². The van der Waals surface area contributed by atoms with Crippen molar-refractivity contribution < 1.29 is 9.13 Å². The largest absolute Gasteiger partial charge is 0.490 e. The number of hydrogen-bond donors (Lipinski definition) is 1. The Bertz CT molecular complexity index is 368. The molecule has 0 saturated carbocycles. The molecule has 0 spiro atoms. The van der Waals surface area contributed by atoms with E-state index < -0.39 is 0 Å². The molecule has 0 fully saturated rings. The van der Waals surface area contributed by atoms with Crippen molar-refractivity contribution in [1.82, 2.24) is 5.32 Å². The maximum atomic E-state index is 13.9. The van der Waals surface area contributed by atoms with Crippen molar-refractivity contribution in [2.75, 3.05) is 6.54 Å². The lowest BCUT2D eigenvalue weighted by atomic mass is 10.1. The summed E-state index contributed by atoms with van der Waals surface area (Å²) in [5.41, 5.74) is 0.627. The van der Waals surface area contributed by atoms with Crippen LogP contribution < -0.4 is 10.1 Å². The highest BCUT2D eigenvalue weighted by Crippen LogP contribution is 2.29. The minimum absolute atomic E-state index is 0.0416. The minimum atomic E-state index is -0.204. The van der Waals surface area contributed by atoms with Gasteiger partial charge in [0.1, 0.15) is 11.6 Å². The maximum absolute atomic E-state index is 13.9. The van der Waals surface area contributed by atoms with Crippen molar-refractivity contribution in [3.8, 4) is 5.75 Å². The molecular weight excluding hydrogens is 229 g/mol. The molecule has 2 nitrogen and oxygen atoms in total. The zero-order chi connectivity index (χ0) is 13.5. The van der Waals surface area contributed by atoms with Crippen LogP contribution in [0.15, 0.2) is 18.2 Å². The van der Waals surface area contributed by atoms with Gasteiger partial charge in [0.2, 0.25) is 0 Å². The number of hydrogen-bond acceptors (Lipinski definition) is 2. The quantitative estimate of drug-likeness (QED) is 0.791. The van der Waals surface area contributed by atoms with E-state index in [0.29, 0.717) is 11.3 Å². The van der Waals surface area contributed by atoms with Gasteiger partial charge in [0.25, 0.3) is 0 Å². The summed E-state index contributed by atoms with van der Waals surface area (Å²) in [6.07, 6.45) is 2.16. The third kappa shape index (κ3) is 3.98. The van der Waals surface area contributed by atoms with Crippen LogP contribution in [-0.4, -0.2) is 12.6 Å². The SMILES string of the molecule is CCCC(C)Oc1cccc(F)c1C(C)NCC. The Labute approximate surface area is 110 Å². The van der Waals surface area contributed by atoms with Crippen LogP contribution >= 0.6 is 0 Å². The highest BCUT2D eigenvalue weighted by atomic mass is 19.1. The van der Waals surface area contributed by atoms with Gasteiger partial charge in [-0.25, -0.2) is 4.39 Å². The predicted molar refractivity (Wildman–Crippen MR) is 73.5 cm³/mol. The zero-order valence-corrected chi connectivity index (χ0v) is 11.8. The summed E-state index contributed by atoms with van der Waals surface area (Å²) < 4.78 is 19.8. The Balaban J connectivity index is 2.92. The van der Waals surface area contributed by atoms with E-state index in [4.69, 9.17) is 4.74 Å². The normalized spacial score (nSPS) is 14.3. The lowest BCUT2D eigenvalue weighted by Crippen LogP contribution is -2.21.